The van der Waals surface area contributed by atoms with E-state index in [0.717, 1.165) is 50.0 Å². The Labute approximate surface area is 313 Å². The fraction of sp³-hybridized carbons (Fsp3) is 0.0417. The predicted octanol–water partition coefficient (Wildman–Crippen LogP) is 10.7. The second-order valence-electron chi connectivity index (χ2n) is 13.4. The number of aryl methyl sites for hydroxylation is 2. The smallest absolute Gasteiger partial charge is 0.295 e. The van der Waals surface area contributed by atoms with Crippen LogP contribution in [-0.2, 0) is 14.1 Å². The summed E-state index contributed by atoms with van der Waals surface area (Å²) in [5.41, 5.74) is 13.5. The molecule has 0 N–H and O–H groups in total. The molecule has 0 radical (unpaired) electrons. The summed E-state index contributed by atoms with van der Waals surface area (Å²) < 4.78 is 3.35. The Balaban J connectivity index is 1.10. The highest BCUT2D eigenvalue weighted by atomic mass is 16.1. The minimum Gasteiger partial charge on any atom is -0.295 e. The number of rotatable bonds is 7. The van der Waals surface area contributed by atoms with Crippen molar-refractivity contribution in [2.75, 3.05) is 0 Å². The lowest BCUT2D eigenvalue weighted by Crippen LogP contribution is -2.19. The number of fused-ring (bicyclic) bond motifs is 1. The molecule has 6 heteroatoms. The zero-order valence-corrected chi connectivity index (χ0v) is 29.9. The monoisotopic (exact) mass is 697 g/mol. The van der Waals surface area contributed by atoms with E-state index in [1.807, 2.05) is 60.7 Å². The summed E-state index contributed by atoms with van der Waals surface area (Å²) in [6.07, 6.45) is 0. The van der Waals surface area contributed by atoms with E-state index in [9.17, 15) is 4.79 Å². The van der Waals surface area contributed by atoms with Gasteiger partial charge in [0, 0.05) is 30.8 Å². The molecule has 6 nitrogen and oxygen atoms in total. The third kappa shape index (κ3) is 6.10. The van der Waals surface area contributed by atoms with Gasteiger partial charge in [0.2, 0.25) is 0 Å². The molecule has 0 amide bonds. The third-order valence-corrected chi connectivity index (χ3v) is 10.1. The SMILES string of the molecule is Cn1c(=O)n(C)c2cc(-c3ccc(-c4nc(-c5ccccc5)nc(-c5ccc(-c6cc(-c7ccccc7)ccc6-c6ccccc6)cc5)n4)cc3)ccc21. The Morgan fingerprint density at radius 2 is 0.704 bits per heavy atom. The van der Waals surface area contributed by atoms with Crippen molar-refractivity contribution in [2.24, 2.45) is 14.1 Å². The molecule has 0 saturated carbocycles. The maximum Gasteiger partial charge on any atom is 0.328 e. The quantitative estimate of drug-likeness (QED) is 0.166. The van der Waals surface area contributed by atoms with Gasteiger partial charge in [-0.15, -0.1) is 0 Å². The molecule has 0 fully saturated rings. The van der Waals surface area contributed by atoms with Gasteiger partial charge < -0.3 is 0 Å². The molecule has 0 saturated heterocycles. The van der Waals surface area contributed by atoms with Crippen LogP contribution in [-0.4, -0.2) is 24.1 Å². The van der Waals surface area contributed by atoms with Gasteiger partial charge in [0.15, 0.2) is 17.5 Å². The summed E-state index contributed by atoms with van der Waals surface area (Å²) in [6.45, 7) is 0. The van der Waals surface area contributed by atoms with Crippen LogP contribution in [0.1, 0.15) is 0 Å². The molecule has 0 unspecified atom stereocenters. The van der Waals surface area contributed by atoms with Crippen molar-refractivity contribution in [3.8, 4) is 78.7 Å². The number of benzene rings is 7. The minimum absolute atomic E-state index is 0.0406. The number of nitrogens with zero attached hydrogens (tertiary/aromatic N) is 5. The Bertz CT molecular complexity index is 2820. The van der Waals surface area contributed by atoms with E-state index in [1.54, 1.807) is 23.2 Å². The van der Waals surface area contributed by atoms with Gasteiger partial charge in [0.1, 0.15) is 0 Å². The highest BCUT2D eigenvalue weighted by Gasteiger charge is 2.15. The standard InChI is InChI=1S/C48H35N5O/c1-52-43-29-27-40(31-44(43)53(2)48(52)54)33-18-22-37(23-19-33)46-49-45(36-16-10-5-11-17-36)50-47(51-46)38-24-20-35(21-25-38)42-30-39(32-12-6-3-7-13-32)26-28-41(42)34-14-8-4-9-15-34/h3-31H,1-2H3. The van der Waals surface area contributed by atoms with Crippen LogP contribution < -0.4 is 5.69 Å². The largest absolute Gasteiger partial charge is 0.328 e. The lowest BCUT2D eigenvalue weighted by Gasteiger charge is -2.14. The summed E-state index contributed by atoms with van der Waals surface area (Å²) in [7, 11) is 3.60. The van der Waals surface area contributed by atoms with Crippen LogP contribution >= 0.6 is 0 Å². The van der Waals surface area contributed by atoms with Gasteiger partial charge in [-0.25, -0.2) is 19.7 Å². The van der Waals surface area contributed by atoms with Crippen molar-refractivity contribution in [2.45, 2.75) is 0 Å². The zero-order valence-electron chi connectivity index (χ0n) is 29.9. The van der Waals surface area contributed by atoms with Crippen LogP contribution in [0.15, 0.2) is 181 Å². The van der Waals surface area contributed by atoms with Gasteiger partial charge in [0.25, 0.3) is 0 Å². The second kappa shape index (κ2) is 13.7. The molecule has 2 aromatic heterocycles. The molecule has 7 aromatic carbocycles. The topological polar surface area (TPSA) is 65.6 Å². The third-order valence-electron chi connectivity index (χ3n) is 10.1. The highest BCUT2D eigenvalue weighted by Crippen LogP contribution is 2.37. The molecular formula is C48H35N5O. The fourth-order valence-electron chi connectivity index (χ4n) is 7.11. The summed E-state index contributed by atoms with van der Waals surface area (Å²) in [5, 5.41) is 0. The van der Waals surface area contributed by atoms with Crippen molar-refractivity contribution in [1.29, 1.82) is 0 Å². The molecule has 54 heavy (non-hydrogen) atoms. The van der Waals surface area contributed by atoms with E-state index in [2.05, 4.69) is 115 Å². The van der Waals surface area contributed by atoms with Gasteiger partial charge in [0.05, 0.1) is 11.0 Å². The molecule has 0 aliphatic rings. The number of aromatic nitrogens is 5. The van der Waals surface area contributed by atoms with Crippen LogP contribution in [0.2, 0.25) is 0 Å². The first-order valence-corrected chi connectivity index (χ1v) is 17.9. The fourth-order valence-corrected chi connectivity index (χ4v) is 7.11. The second-order valence-corrected chi connectivity index (χ2v) is 13.4. The molecule has 0 spiro atoms. The van der Waals surface area contributed by atoms with Gasteiger partial charge in [-0.05, 0) is 62.7 Å². The predicted molar refractivity (Wildman–Crippen MR) is 220 cm³/mol. The van der Waals surface area contributed by atoms with Crippen LogP contribution in [0.25, 0.3) is 89.7 Å². The van der Waals surface area contributed by atoms with E-state index in [0.29, 0.717) is 17.5 Å². The first-order valence-electron chi connectivity index (χ1n) is 17.9. The maximum absolute atomic E-state index is 12.5. The lowest BCUT2D eigenvalue weighted by atomic mass is 9.91. The molecule has 258 valence electrons. The first-order chi connectivity index (χ1) is 26.5. The van der Waals surface area contributed by atoms with E-state index in [4.69, 9.17) is 15.0 Å². The maximum atomic E-state index is 12.5. The van der Waals surface area contributed by atoms with Gasteiger partial charge in [-0.2, -0.15) is 0 Å². The average Bonchev–Trinajstić information content (AvgIpc) is 3.47. The van der Waals surface area contributed by atoms with Gasteiger partial charge in [-0.1, -0.05) is 158 Å². The molecule has 2 heterocycles. The molecule has 9 rings (SSSR count). The summed E-state index contributed by atoms with van der Waals surface area (Å²) in [4.78, 5) is 27.5. The Hall–Kier alpha value is -7.18. The Morgan fingerprint density at radius 1 is 0.333 bits per heavy atom. The van der Waals surface area contributed by atoms with Crippen LogP contribution in [0, 0.1) is 0 Å². The highest BCUT2D eigenvalue weighted by molar-refractivity contribution is 5.88. The number of imidazole rings is 1. The van der Waals surface area contributed by atoms with Crippen molar-refractivity contribution in [3.63, 3.8) is 0 Å². The molecular weight excluding hydrogens is 663 g/mol. The van der Waals surface area contributed by atoms with Crippen LogP contribution in [0.3, 0.4) is 0 Å². The van der Waals surface area contributed by atoms with Gasteiger partial charge in [-0.3, -0.25) is 9.13 Å². The lowest BCUT2D eigenvalue weighted by molar-refractivity contribution is 0.795. The molecule has 0 atom stereocenters. The Kier molecular flexibility index (Phi) is 8.33. The van der Waals surface area contributed by atoms with E-state index in [1.165, 1.54) is 22.3 Å². The molecule has 0 aliphatic carbocycles. The summed E-state index contributed by atoms with van der Waals surface area (Å²) >= 11 is 0. The van der Waals surface area contributed by atoms with Crippen LogP contribution in [0.5, 0.6) is 0 Å². The van der Waals surface area contributed by atoms with Crippen molar-refractivity contribution in [1.82, 2.24) is 24.1 Å². The summed E-state index contributed by atoms with van der Waals surface area (Å²) in [5.74, 6) is 1.81. The minimum atomic E-state index is -0.0406. The zero-order chi connectivity index (χ0) is 36.6. The van der Waals surface area contributed by atoms with Crippen LogP contribution in [0.4, 0.5) is 0 Å². The average molecular weight is 698 g/mol. The molecule has 9 aromatic rings. The summed E-state index contributed by atoms with van der Waals surface area (Å²) in [6, 6.07) is 60.6. The number of hydrogen-bond donors (Lipinski definition) is 0. The Morgan fingerprint density at radius 3 is 1.28 bits per heavy atom. The van der Waals surface area contributed by atoms with Gasteiger partial charge >= 0.3 is 5.69 Å². The normalized spacial score (nSPS) is 11.2. The van der Waals surface area contributed by atoms with E-state index < -0.39 is 0 Å². The molecule has 0 aliphatic heterocycles. The van der Waals surface area contributed by atoms with E-state index >= 15 is 0 Å². The molecule has 0 bridgehead atoms. The van der Waals surface area contributed by atoms with E-state index in [-0.39, 0.29) is 5.69 Å². The van der Waals surface area contributed by atoms with Crippen molar-refractivity contribution in [3.05, 3.63) is 186 Å². The van der Waals surface area contributed by atoms with Crippen molar-refractivity contribution >= 4 is 11.0 Å². The van der Waals surface area contributed by atoms with Crippen molar-refractivity contribution < 1.29 is 0 Å². The first kappa shape index (κ1) is 32.7. The number of hydrogen-bond acceptors (Lipinski definition) is 4.